The highest BCUT2D eigenvalue weighted by Gasteiger charge is 2.20. The molecule has 152 valence electrons. The lowest BCUT2D eigenvalue weighted by atomic mass is 10.2. The first-order valence-corrected chi connectivity index (χ1v) is 8.45. The Bertz CT molecular complexity index is 731. The van der Waals surface area contributed by atoms with E-state index in [1.807, 2.05) is 0 Å². The zero-order chi connectivity index (χ0) is 20.4. The molecule has 28 heavy (non-hydrogen) atoms. The van der Waals surface area contributed by atoms with Crippen LogP contribution in [0.1, 0.15) is 5.56 Å². The minimum Gasteiger partial charge on any atom is -0.493 e. The van der Waals surface area contributed by atoms with E-state index in [1.165, 1.54) is 19.3 Å². The lowest BCUT2D eigenvalue weighted by Crippen LogP contribution is -2.42. The molecule has 0 spiro atoms. The van der Waals surface area contributed by atoms with E-state index < -0.39 is 17.1 Å². The van der Waals surface area contributed by atoms with Crippen molar-refractivity contribution in [3.63, 3.8) is 0 Å². The Morgan fingerprint density at radius 2 is 2.07 bits per heavy atom. The van der Waals surface area contributed by atoms with Gasteiger partial charge in [0.1, 0.15) is 6.61 Å². The maximum Gasteiger partial charge on any atom is 0.415 e. The molecule has 0 unspecified atom stereocenters. The third kappa shape index (κ3) is 6.76. The standard InChI is InChI=1S/C17H21N3O8/c1-25-15-12-13(3-5-16(21)18-6-9-27-20(23)24)2-4-14(15)28-17(22)19-7-10-26-11-8-19/h2-5,12H,6-11H2,1H3,(H,18,21). The summed E-state index contributed by atoms with van der Waals surface area (Å²) >= 11 is 0. The van der Waals surface area contributed by atoms with E-state index in [0.717, 1.165) is 0 Å². The van der Waals surface area contributed by atoms with Crippen LogP contribution in [0.25, 0.3) is 6.08 Å². The molecule has 1 aromatic carbocycles. The van der Waals surface area contributed by atoms with Crippen LogP contribution < -0.4 is 14.8 Å². The van der Waals surface area contributed by atoms with Gasteiger partial charge in [0.05, 0.1) is 20.3 Å². The number of hydrogen-bond donors (Lipinski definition) is 1. The van der Waals surface area contributed by atoms with Crippen LogP contribution in [-0.4, -0.2) is 68.6 Å². The van der Waals surface area contributed by atoms with E-state index in [-0.39, 0.29) is 18.9 Å². The fourth-order valence-corrected chi connectivity index (χ4v) is 2.30. The molecule has 1 saturated heterocycles. The summed E-state index contributed by atoms with van der Waals surface area (Å²) in [6, 6.07) is 4.84. The molecular formula is C17H21N3O8. The zero-order valence-electron chi connectivity index (χ0n) is 15.3. The molecule has 1 N–H and O–H groups in total. The lowest BCUT2D eigenvalue weighted by molar-refractivity contribution is -0.757. The van der Waals surface area contributed by atoms with Crippen molar-refractivity contribution in [3.8, 4) is 11.5 Å². The molecule has 0 bridgehead atoms. The van der Waals surface area contributed by atoms with Crippen LogP contribution in [-0.2, 0) is 14.4 Å². The van der Waals surface area contributed by atoms with E-state index in [0.29, 0.717) is 37.6 Å². The van der Waals surface area contributed by atoms with Gasteiger partial charge in [0.15, 0.2) is 11.5 Å². The first-order valence-electron chi connectivity index (χ1n) is 8.45. The molecule has 1 fully saturated rings. The predicted molar refractivity (Wildman–Crippen MR) is 96.4 cm³/mol. The molecule has 2 rings (SSSR count). The molecule has 0 radical (unpaired) electrons. The first kappa shape index (κ1) is 21.0. The van der Waals surface area contributed by atoms with Gasteiger partial charge in [0.2, 0.25) is 5.91 Å². The maximum atomic E-state index is 12.2. The number of hydrogen-bond acceptors (Lipinski definition) is 8. The number of morpholine rings is 1. The molecule has 0 atom stereocenters. The first-order chi connectivity index (χ1) is 13.5. The minimum absolute atomic E-state index is 0.00387. The van der Waals surface area contributed by atoms with Crippen molar-refractivity contribution in [1.82, 2.24) is 10.2 Å². The summed E-state index contributed by atoms with van der Waals surface area (Å²) in [6.45, 7) is 1.63. The molecule has 0 saturated carbocycles. The highest BCUT2D eigenvalue weighted by Crippen LogP contribution is 2.29. The zero-order valence-corrected chi connectivity index (χ0v) is 15.3. The number of nitrogens with zero attached hydrogens (tertiary/aromatic N) is 2. The molecule has 11 heteroatoms. The fourth-order valence-electron chi connectivity index (χ4n) is 2.30. The topological polar surface area (TPSA) is 129 Å². The molecule has 1 heterocycles. The fraction of sp³-hybridized carbons (Fsp3) is 0.412. The van der Waals surface area contributed by atoms with Gasteiger partial charge in [-0.25, -0.2) is 4.79 Å². The Hall–Kier alpha value is -3.34. The van der Waals surface area contributed by atoms with E-state index in [9.17, 15) is 19.7 Å². The van der Waals surface area contributed by atoms with Crippen LogP contribution in [0.3, 0.4) is 0 Å². The molecule has 2 amide bonds. The van der Waals surface area contributed by atoms with E-state index >= 15 is 0 Å². The van der Waals surface area contributed by atoms with Crippen molar-refractivity contribution in [2.45, 2.75) is 0 Å². The lowest BCUT2D eigenvalue weighted by Gasteiger charge is -2.26. The summed E-state index contributed by atoms with van der Waals surface area (Å²) in [5.74, 6) is 0.162. The Balaban J connectivity index is 1.91. The molecule has 0 aliphatic carbocycles. The quantitative estimate of drug-likeness (QED) is 0.297. The molecule has 0 aromatic heterocycles. The van der Waals surface area contributed by atoms with Gasteiger partial charge < -0.3 is 29.3 Å². The van der Waals surface area contributed by atoms with Crippen LogP contribution in [0.15, 0.2) is 24.3 Å². The number of nitrogens with one attached hydrogen (secondary N) is 1. The van der Waals surface area contributed by atoms with Gasteiger partial charge in [0, 0.05) is 25.7 Å². The van der Waals surface area contributed by atoms with E-state index in [1.54, 1.807) is 23.1 Å². The number of ether oxygens (including phenoxy) is 3. The average Bonchev–Trinajstić information content (AvgIpc) is 2.70. The SMILES string of the molecule is COc1cc(C=CC(=O)NCCO[N+](=O)[O-])ccc1OC(=O)N1CCOCC1. The molecule has 1 aromatic rings. The van der Waals surface area contributed by atoms with Crippen molar-refractivity contribution < 1.29 is 33.7 Å². The predicted octanol–water partition coefficient (Wildman–Crippen LogP) is 0.864. The second kappa shape index (κ2) is 10.7. The van der Waals surface area contributed by atoms with Crippen molar-refractivity contribution in [2.75, 3.05) is 46.6 Å². The van der Waals surface area contributed by atoms with Crippen LogP contribution in [0.4, 0.5) is 4.79 Å². The van der Waals surface area contributed by atoms with Crippen LogP contribution in [0, 0.1) is 10.1 Å². The Labute approximate surface area is 160 Å². The van der Waals surface area contributed by atoms with Gasteiger partial charge in [-0.15, -0.1) is 10.1 Å². The molecule has 1 aliphatic heterocycles. The van der Waals surface area contributed by atoms with Crippen molar-refractivity contribution in [2.24, 2.45) is 0 Å². The molecule has 1 aliphatic rings. The Morgan fingerprint density at radius 3 is 2.75 bits per heavy atom. The van der Waals surface area contributed by atoms with Gasteiger partial charge in [-0.2, -0.15) is 0 Å². The summed E-state index contributed by atoms with van der Waals surface area (Å²) in [6.07, 6.45) is 2.31. The number of benzene rings is 1. The van der Waals surface area contributed by atoms with E-state index in [4.69, 9.17) is 14.2 Å². The second-order valence-corrected chi connectivity index (χ2v) is 5.56. The number of carbonyl (C=O) groups is 2. The third-order valence-electron chi connectivity index (χ3n) is 3.68. The highest BCUT2D eigenvalue weighted by atomic mass is 16.9. The molecular weight excluding hydrogens is 374 g/mol. The molecule has 11 nitrogen and oxygen atoms in total. The van der Waals surface area contributed by atoms with Crippen molar-refractivity contribution in [1.29, 1.82) is 0 Å². The summed E-state index contributed by atoms with van der Waals surface area (Å²) in [5.41, 5.74) is 0.639. The second-order valence-electron chi connectivity index (χ2n) is 5.56. The van der Waals surface area contributed by atoms with E-state index in [2.05, 4.69) is 10.2 Å². The minimum atomic E-state index is -0.929. The smallest absolute Gasteiger partial charge is 0.415 e. The maximum absolute atomic E-state index is 12.2. The third-order valence-corrected chi connectivity index (χ3v) is 3.68. The monoisotopic (exact) mass is 395 g/mol. The summed E-state index contributed by atoms with van der Waals surface area (Å²) in [5, 5.41) is 11.5. The van der Waals surface area contributed by atoms with Gasteiger partial charge >= 0.3 is 6.09 Å². The normalized spacial score (nSPS) is 13.8. The largest absolute Gasteiger partial charge is 0.493 e. The van der Waals surface area contributed by atoms with Crippen molar-refractivity contribution in [3.05, 3.63) is 40.0 Å². The van der Waals surface area contributed by atoms with Gasteiger partial charge in [-0.3, -0.25) is 4.79 Å². The number of amides is 2. The van der Waals surface area contributed by atoms with Crippen LogP contribution in [0.5, 0.6) is 11.5 Å². The van der Waals surface area contributed by atoms with Gasteiger partial charge in [-0.1, -0.05) is 6.07 Å². The van der Waals surface area contributed by atoms with Crippen molar-refractivity contribution >= 4 is 18.1 Å². The van der Waals surface area contributed by atoms with Gasteiger partial charge in [0.25, 0.3) is 5.09 Å². The summed E-state index contributed by atoms with van der Waals surface area (Å²) < 4.78 is 15.8. The van der Waals surface area contributed by atoms with Crippen LogP contribution >= 0.6 is 0 Å². The highest BCUT2D eigenvalue weighted by molar-refractivity contribution is 5.91. The van der Waals surface area contributed by atoms with Gasteiger partial charge in [-0.05, 0) is 23.8 Å². The summed E-state index contributed by atoms with van der Waals surface area (Å²) in [4.78, 5) is 39.5. The number of rotatable bonds is 8. The van der Waals surface area contributed by atoms with Crippen LogP contribution in [0.2, 0.25) is 0 Å². The Kier molecular flexibility index (Phi) is 8.03. The number of carbonyl (C=O) groups excluding carboxylic acids is 2. The average molecular weight is 395 g/mol. The number of methoxy groups -OCH3 is 1. The summed E-state index contributed by atoms with van der Waals surface area (Å²) in [7, 11) is 1.44. The Morgan fingerprint density at radius 1 is 1.32 bits per heavy atom.